The Morgan fingerprint density at radius 1 is 1.19 bits per heavy atom. The van der Waals surface area contributed by atoms with Gasteiger partial charge in [0.05, 0.1) is 5.69 Å². The van der Waals surface area contributed by atoms with E-state index in [4.69, 9.17) is 10.5 Å². The molecule has 4 nitrogen and oxygen atoms in total. The van der Waals surface area contributed by atoms with E-state index in [0.717, 1.165) is 6.07 Å². The maximum Gasteiger partial charge on any atom is 0.265 e. The first-order valence-corrected chi connectivity index (χ1v) is 6.24. The molecule has 2 rings (SSSR count). The molecule has 0 spiro atoms. The largest absolute Gasteiger partial charge is 0.481 e. The minimum atomic E-state index is -0.804. The van der Waals surface area contributed by atoms with Crippen LogP contribution in [0.25, 0.3) is 0 Å². The quantitative estimate of drug-likeness (QED) is 0.852. The predicted molar refractivity (Wildman–Crippen MR) is 75.9 cm³/mol. The van der Waals surface area contributed by atoms with Gasteiger partial charge in [0.15, 0.2) is 6.10 Å². The van der Waals surface area contributed by atoms with Crippen LogP contribution in [0.15, 0.2) is 42.5 Å². The molecule has 0 fully saturated rings. The van der Waals surface area contributed by atoms with Crippen LogP contribution >= 0.6 is 0 Å². The maximum absolute atomic E-state index is 13.0. The smallest absolute Gasteiger partial charge is 0.265 e. The molecule has 1 atom stereocenters. The summed E-state index contributed by atoms with van der Waals surface area (Å²) in [7, 11) is 0. The molecule has 0 saturated carbocycles. The average molecular weight is 292 g/mol. The number of amides is 1. The molecule has 0 aliphatic rings. The fourth-order valence-corrected chi connectivity index (χ4v) is 1.64. The van der Waals surface area contributed by atoms with E-state index in [2.05, 4.69) is 5.32 Å². The van der Waals surface area contributed by atoms with Crippen molar-refractivity contribution in [3.8, 4) is 5.75 Å². The minimum absolute atomic E-state index is 0.0556. The number of anilines is 2. The van der Waals surface area contributed by atoms with Crippen molar-refractivity contribution in [3.63, 3.8) is 0 Å². The summed E-state index contributed by atoms with van der Waals surface area (Å²) in [5, 5.41) is 2.56. The fraction of sp³-hybridized carbons (Fsp3) is 0.133. The van der Waals surface area contributed by atoms with Crippen LogP contribution in [-0.4, -0.2) is 12.0 Å². The Bertz CT molecular complexity index is 645. The van der Waals surface area contributed by atoms with Gasteiger partial charge in [-0.2, -0.15) is 0 Å². The van der Waals surface area contributed by atoms with E-state index in [9.17, 15) is 13.6 Å². The van der Waals surface area contributed by atoms with Crippen molar-refractivity contribution in [1.82, 2.24) is 0 Å². The molecule has 21 heavy (non-hydrogen) atoms. The number of nitrogens with two attached hydrogens (primary N) is 1. The van der Waals surface area contributed by atoms with E-state index in [1.165, 1.54) is 36.4 Å². The summed E-state index contributed by atoms with van der Waals surface area (Å²) in [5.74, 6) is -0.993. The van der Waals surface area contributed by atoms with Crippen LogP contribution in [0, 0.1) is 11.6 Å². The van der Waals surface area contributed by atoms with Gasteiger partial charge in [-0.1, -0.05) is 0 Å². The third-order valence-corrected chi connectivity index (χ3v) is 2.76. The lowest BCUT2D eigenvalue weighted by Gasteiger charge is -2.15. The van der Waals surface area contributed by atoms with E-state index in [-0.39, 0.29) is 11.5 Å². The molecule has 6 heteroatoms. The molecule has 1 amide bonds. The maximum atomic E-state index is 13.0. The van der Waals surface area contributed by atoms with Gasteiger partial charge >= 0.3 is 0 Å². The zero-order chi connectivity index (χ0) is 15.4. The highest BCUT2D eigenvalue weighted by atomic mass is 19.1. The molecule has 2 aromatic rings. The van der Waals surface area contributed by atoms with Crippen molar-refractivity contribution >= 4 is 17.3 Å². The topological polar surface area (TPSA) is 64.3 Å². The normalized spacial score (nSPS) is 11.8. The van der Waals surface area contributed by atoms with Gasteiger partial charge in [0, 0.05) is 5.69 Å². The molecule has 0 aliphatic heterocycles. The van der Waals surface area contributed by atoms with Gasteiger partial charge in [0.1, 0.15) is 17.4 Å². The monoisotopic (exact) mass is 292 g/mol. The zero-order valence-electron chi connectivity index (χ0n) is 11.3. The van der Waals surface area contributed by atoms with Crippen molar-refractivity contribution in [1.29, 1.82) is 0 Å². The Labute approximate surface area is 120 Å². The molecule has 1 unspecified atom stereocenters. The average Bonchev–Trinajstić information content (AvgIpc) is 2.45. The third kappa shape index (κ3) is 3.92. The Kier molecular flexibility index (Phi) is 4.37. The number of hydrogen-bond donors (Lipinski definition) is 2. The van der Waals surface area contributed by atoms with Gasteiger partial charge in [-0.15, -0.1) is 0 Å². The summed E-state index contributed by atoms with van der Waals surface area (Å²) in [4.78, 5) is 11.9. The summed E-state index contributed by atoms with van der Waals surface area (Å²) in [6.45, 7) is 1.55. The Balaban J connectivity index is 1.98. The molecule has 2 aromatic carbocycles. The number of hydrogen-bond acceptors (Lipinski definition) is 3. The van der Waals surface area contributed by atoms with Gasteiger partial charge in [0.2, 0.25) is 0 Å². The number of benzene rings is 2. The van der Waals surface area contributed by atoms with Crippen molar-refractivity contribution in [2.24, 2.45) is 0 Å². The van der Waals surface area contributed by atoms with Crippen LogP contribution in [0.1, 0.15) is 6.92 Å². The van der Waals surface area contributed by atoms with Crippen LogP contribution in [-0.2, 0) is 4.79 Å². The summed E-state index contributed by atoms with van der Waals surface area (Å²) >= 11 is 0. The zero-order valence-corrected chi connectivity index (χ0v) is 11.3. The van der Waals surface area contributed by atoms with Crippen LogP contribution in [0.5, 0.6) is 5.75 Å². The van der Waals surface area contributed by atoms with E-state index in [1.54, 1.807) is 6.92 Å². The van der Waals surface area contributed by atoms with E-state index < -0.39 is 17.8 Å². The standard InChI is InChI=1S/C15H14F2N2O2/c1-9(21-12-5-2-10(16)3-6-12)15(20)19-11-4-7-13(17)14(18)8-11/h2-9H,18H2,1H3,(H,19,20). The minimum Gasteiger partial charge on any atom is -0.481 e. The van der Waals surface area contributed by atoms with Crippen LogP contribution < -0.4 is 15.8 Å². The van der Waals surface area contributed by atoms with Crippen molar-refractivity contribution < 1.29 is 18.3 Å². The van der Waals surface area contributed by atoms with Crippen molar-refractivity contribution in [3.05, 3.63) is 54.1 Å². The fourth-order valence-electron chi connectivity index (χ4n) is 1.64. The van der Waals surface area contributed by atoms with Gasteiger partial charge in [-0.3, -0.25) is 4.79 Å². The molecular formula is C15H14F2N2O2. The van der Waals surface area contributed by atoms with Crippen LogP contribution in [0.3, 0.4) is 0 Å². The molecule has 0 heterocycles. The van der Waals surface area contributed by atoms with Crippen LogP contribution in [0.2, 0.25) is 0 Å². The lowest BCUT2D eigenvalue weighted by molar-refractivity contribution is -0.122. The highest BCUT2D eigenvalue weighted by Crippen LogP contribution is 2.17. The first-order chi connectivity index (χ1) is 9.95. The Hall–Kier alpha value is -2.63. The number of carbonyl (C=O) groups is 1. The lowest BCUT2D eigenvalue weighted by Crippen LogP contribution is -2.30. The number of nitrogen functional groups attached to an aromatic ring is 1. The second kappa shape index (κ2) is 6.21. The van der Waals surface area contributed by atoms with Gasteiger partial charge in [0.25, 0.3) is 5.91 Å². The second-order valence-electron chi connectivity index (χ2n) is 4.44. The summed E-state index contributed by atoms with van der Waals surface area (Å²) in [6, 6.07) is 9.20. The van der Waals surface area contributed by atoms with E-state index >= 15 is 0 Å². The number of ether oxygens (including phenoxy) is 1. The number of carbonyl (C=O) groups excluding carboxylic acids is 1. The van der Waals surface area contributed by atoms with Crippen molar-refractivity contribution in [2.45, 2.75) is 13.0 Å². The summed E-state index contributed by atoms with van der Waals surface area (Å²) in [5.41, 5.74) is 5.73. The molecule has 110 valence electrons. The molecule has 0 bridgehead atoms. The first-order valence-electron chi connectivity index (χ1n) is 6.24. The number of halogens is 2. The van der Waals surface area contributed by atoms with Gasteiger partial charge in [-0.25, -0.2) is 8.78 Å². The Morgan fingerprint density at radius 3 is 2.48 bits per heavy atom. The number of nitrogens with one attached hydrogen (secondary N) is 1. The van der Waals surface area contributed by atoms with Gasteiger partial charge < -0.3 is 15.8 Å². The molecule has 0 aliphatic carbocycles. The summed E-state index contributed by atoms with van der Waals surface area (Å²) < 4.78 is 31.2. The molecule has 0 radical (unpaired) electrons. The SMILES string of the molecule is CC(Oc1ccc(F)cc1)C(=O)Nc1ccc(F)c(N)c1. The molecule has 0 saturated heterocycles. The molecule has 0 aromatic heterocycles. The summed E-state index contributed by atoms with van der Waals surface area (Å²) in [6.07, 6.45) is -0.804. The Morgan fingerprint density at radius 2 is 1.86 bits per heavy atom. The third-order valence-electron chi connectivity index (χ3n) is 2.76. The second-order valence-corrected chi connectivity index (χ2v) is 4.44. The number of rotatable bonds is 4. The lowest BCUT2D eigenvalue weighted by atomic mass is 10.2. The van der Waals surface area contributed by atoms with E-state index in [0.29, 0.717) is 11.4 Å². The molecular weight excluding hydrogens is 278 g/mol. The van der Waals surface area contributed by atoms with Crippen molar-refractivity contribution in [2.75, 3.05) is 11.1 Å². The van der Waals surface area contributed by atoms with Gasteiger partial charge in [-0.05, 0) is 49.4 Å². The predicted octanol–water partition coefficient (Wildman–Crippen LogP) is 2.95. The highest BCUT2D eigenvalue weighted by Gasteiger charge is 2.15. The van der Waals surface area contributed by atoms with Crippen LogP contribution in [0.4, 0.5) is 20.2 Å². The first kappa shape index (κ1) is 14.8. The van der Waals surface area contributed by atoms with E-state index in [1.807, 2.05) is 0 Å². The highest BCUT2D eigenvalue weighted by molar-refractivity contribution is 5.94. The molecule has 3 N–H and O–H groups in total.